The van der Waals surface area contributed by atoms with Crippen LogP contribution in [0.25, 0.3) is 0 Å². The summed E-state index contributed by atoms with van der Waals surface area (Å²) in [6, 6.07) is 6.38. The summed E-state index contributed by atoms with van der Waals surface area (Å²) >= 11 is 0. The second-order valence-electron chi connectivity index (χ2n) is 6.25. The molecule has 2 heterocycles. The minimum atomic E-state index is -0.482. The number of piperidine rings is 1. The van der Waals surface area contributed by atoms with Crippen molar-refractivity contribution in [1.82, 2.24) is 5.32 Å². The fraction of sp³-hybridized carbons (Fsp3) is 0.625. The van der Waals surface area contributed by atoms with Crippen molar-refractivity contribution in [2.45, 2.75) is 43.7 Å². The Morgan fingerprint density at radius 1 is 1.14 bits per heavy atom. The number of hydrogen-bond donors (Lipinski definition) is 2. The molecule has 2 aliphatic heterocycles. The van der Waals surface area contributed by atoms with E-state index in [-0.39, 0.29) is 18.4 Å². The van der Waals surface area contributed by atoms with Crippen molar-refractivity contribution in [3.8, 4) is 11.5 Å². The van der Waals surface area contributed by atoms with Crippen LogP contribution in [0.5, 0.6) is 11.5 Å². The highest BCUT2D eigenvalue weighted by Crippen LogP contribution is 2.46. The SMILES string of the molecule is Cl.O[C@]12CCCC[C@@H]1[C@@H](c1ccc3c(c1)OCO3)NCC2. The first-order chi connectivity index (χ1) is 9.76. The van der Waals surface area contributed by atoms with Crippen LogP contribution in [0.1, 0.15) is 43.7 Å². The van der Waals surface area contributed by atoms with Crippen LogP contribution >= 0.6 is 12.4 Å². The van der Waals surface area contributed by atoms with E-state index in [1.54, 1.807) is 0 Å². The lowest BCUT2D eigenvalue weighted by Crippen LogP contribution is -2.53. The molecule has 3 atom stereocenters. The van der Waals surface area contributed by atoms with Gasteiger partial charge in [-0.3, -0.25) is 0 Å². The monoisotopic (exact) mass is 311 g/mol. The minimum Gasteiger partial charge on any atom is -0.454 e. The first-order valence-corrected chi connectivity index (χ1v) is 7.62. The van der Waals surface area contributed by atoms with Crippen LogP contribution in [0, 0.1) is 5.92 Å². The fourth-order valence-electron chi connectivity index (χ4n) is 4.08. The number of benzene rings is 1. The predicted molar refractivity (Wildman–Crippen MR) is 82.1 cm³/mol. The molecular formula is C16H22ClNO3. The number of ether oxygens (including phenoxy) is 2. The molecule has 1 aromatic carbocycles. The van der Waals surface area contributed by atoms with E-state index in [4.69, 9.17) is 9.47 Å². The van der Waals surface area contributed by atoms with Gasteiger partial charge < -0.3 is 19.9 Å². The molecule has 4 nitrogen and oxygen atoms in total. The molecular weight excluding hydrogens is 290 g/mol. The maximum Gasteiger partial charge on any atom is 0.231 e. The summed E-state index contributed by atoms with van der Waals surface area (Å²) in [7, 11) is 0. The topological polar surface area (TPSA) is 50.7 Å². The van der Waals surface area contributed by atoms with E-state index >= 15 is 0 Å². The van der Waals surface area contributed by atoms with E-state index in [0.29, 0.717) is 12.7 Å². The summed E-state index contributed by atoms with van der Waals surface area (Å²) in [4.78, 5) is 0. The van der Waals surface area contributed by atoms with Gasteiger partial charge in [0.1, 0.15) is 0 Å². The van der Waals surface area contributed by atoms with Gasteiger partial charge in [-0.2, -0.15) is 0 Å². The molecule has 0 spiro atoms. The van der Waals surface area contributed by atoms with Crippen LogP contribution in [-0.2, 0) is 0 Å². The van der Waals surface area contributed by atoms with Gasteiger partial charge >= 0.3 is 0 Å². The van der Waals surface area contributed by atoms with E-state index < -0.39 is 5.60 Å². The Kier molecular flexibility index (Phi) is 4.04. The first kappa shape index (κ1) is 14.9. The lowest BCUT2D eigenvalue weighted by molar-refractivity contribution is -0.0861. The average Bonchev–Trinajstić information content (AvgIpc) is 2.93. The molecule has 2 N–H and O–H groups in total. The number of halogens is 1. The molecule has 0 radical (unpaired) electrons. The van der Waals surface area contributed by atoms with Crippen molar-refractivity contribution in [2.24, 2.45) is 5.92 Å². The van der Waals surface area contributed by atoms with Crippen LogP contribution in [-0.4, -0.2) is 24.0 Å². The number of hydrogen-bond acceptors (Lipinski definition) is 4. The number of nitrogens with one attached hydrogen (secondary N) is 1. The normalized spacial score (nSPS) is 34.0. The summed E-state index contributed by atoms with van der Waals surface area (Å²) in [6.07, 6.45) is 5.29. The molecule has 4 rings (SSSR count). The molecule has 0 unspecified atom stereocenters. The molecule has 1 saturated heterocycles. The second-order valence-corrected chi connectivity index (χ2v) is 6.25. The van der Waals surface area contributed by atoms with E-state index in [0.717, 1.165) is 43.7 Å². The van der Waals surface area contributed by atoms with Crippen LogP contribution in [0.15, 0.2) is 18.2 Å². The van der Waals surface area contributed by atoms with Crippen LogP contribution in [0.4, 0.5) is 0 Å². The molecule has 1 aromatic rings. The molecule has 0 bridgehead atoms. The summed E-state index contributed by atoms with van der Waals surface area (Å²) in [6.45, 7) is 1.19. The zero-order valence-corrected chi connectivity index (χ0v) is 12.8. The van der Waals surface area contributed by atoms with Gasteiger partial charge in [-0.1, -0.05) is 18.9 Å². The highest BCUT2D eigenvalue weighted by Gasteiger charge is 2.46. The first-order valence-electron chi connectivity index (χ1n) is 7.62. The Hall–Kier alpha value is -0.970. The Balaban J connectivity index is 0.00000132. The lowest BCUT2D eigenvalue weighted by Gasteiger charge is -2.48. The third kappa shape index (κ3) is 2.50. The predicted octanol–water partition coefficient (Wildman–Crippen LogP) is 2.79. The number of fused-ring (bicyclic) bond motifs is 2. The van der Waals surface area contributed by atoms with Crippen molar-refractivity contribution in [1.29, 1.82) is 0 Å². The smallest absolute Gasteiger partial charge is 0.231 e. The maximum atomic E-state index is 10.9. The zero-order chi connectivity index (χ0) is 13.6. The molecule has 2 fully saturated rings. The summed E-state index contributed by atoms with van der Waals surface area (Å²) in [5, 5.41) is 14.5. The van der Waals surface area contributed by atoms with Crippen LogP contribution in [0.3, 0.4) is 0 Å². The largest absolute Gasteiger partial charge is 0.454 e. The maximum absolute atomic E-state index is 10.9. The van der Waals surface area contributed by atoms with Crippen molar-refractivity contribution in [2.75, 3.05) is 13.3 Å². The molecule has 0 aromatic heterocycles. The average molecular weight is 312 g/mol. The standard InChI is InChI=1S/C16H21NO3.ClH/c18-16-6-2-1-3-12(16)15(17-8-7-16)11-4-5-13-14(9-11)20-10-19-13;/h4-5,9,12,15,17-18H,1-3,6-8,10H2;1H/t12-,15-,16+;/m1./s1. The Bertz CT molecular complexity index is 520. The van der Waals surface area contributed by atoms with Gasteiger partial charge in [-0.05, 0) is 43.5 Å². The van der Waals surface area contributed by atoms with E-state index in [9.17, 15) is 5.11 Å². The molecule has 0 amide bonds. The summed E-state index contributed by atoms with van der Waals surface area (Å²) < 4.78 is 10.9. The summed E-state index contributed by atoms with van der Waals surface area (Å²) in [5.41, 5.74) is 0.726. The van der Waals surface area contributed by atoms with Crippen molar-refractivity contribution >= 4 is 12.4 Å². The Morgan fingerprint density at radius 3 is 2.90 bits per heavy atom. The number of aliphatic hydroxyl groups is 1. The molecule has 1 saturated carbocycles. The highest BCUT2D eigenvalue weighted by atomic mass is 35.5. The second kappa shape index (κ2) is 5.67. The van der Waals surface area contributed by atoms with E-state index in [1.807, 2.05) is 6.07 Å². The molecule has 116 valence electrons. The molecule has 5 heteroatoms. The van der Waals surface area contributed by atoms with Crippen LogP contribution < -0.4 is 14.8 Å². The van der Waals surface area contributed by atoms with Crippen molar-refractivity contribution in [3.05, 3.63) is 23.8 Å². The van der Waals surface area contributed by atoms with Crippen molar-refractivity contribution in [3.63, 3.8) is 0 Å². The Morgan fingerprint density at radius 2 is 2.00 bits per heavy atom. The van der Waals surface area contributed by atoms with Gasteiger partial charge in [0.2, 0.25) is 6.79 Å². The van der Waals surface area contributed by atoms with E-state index in [1.165, 1.54) is 12.0 Å². The lowest BCUT2D eigenvalue weighted by atomic mass is 9.67. The van der Waals surface area contributed by atoms with Gasteiger partial charge in [-0.15, -0.1) is 12.4 Å². The van der Waals surface area contributed by atoms with Crippen LogP contribution in [0.2, 0.25) is 0 Å². The summed E-state index contributed by atoms with van der Waals surface area (Å²) in [5.74, 6) is 1.96. The zero-order valence-electron chi connectivity index (χ0n) is 12.0. The van der Waals surface area contributed by atoms with Gasteiger partial charge in [0.05, 0.1) is 5.60 Å². The molecule has 3 aliphatic rings. The quantitative estimate of drug-likeness (QED) is 0.837. The minimum absolute atomic E-state index is 0. The van der Waals surface area contributed by atoms with Gasteiger partial charge in [0.25, 0.3) is 0 Å². The fourth-order valence-corrected chi connectivity index (χ4v) is 4.08. The molecule has 21 heavy (non-hydrogen) atoms. The Labute approximate surface area is 131 Å². The number of rotatable bonds is 1. The molecule has 1 aliphatic carbocycles. The van der Waals surface area contributed by atoms with Gasteiger partial charge in [0, 0.05) is 12.0 Å². The van der Waals surface area contributed by atoms with E-state index in [2.05, 4.69) is 17.4 Å². The third-order valence-electron chi connectivity index (χ3n) is 5.15. The van der Waals surface area contributed by atoms with Gasteiger partial charge in [-0.25, -0.2) is 0 Å². The highest BCUT2D eigenvalue weighted by molar-refractivity contribution is 5.85. The third-order valence-corrected chi connectivity index (χ3v) is 5.15. The van der Waals surface area contributed by atoms with Gasteiger partial charge in [0.15, 0.2) is 11.5 Å². The van der Waals surface area contributed by atoms with Crippen molar-refractivity contribution < 1.29 is 14.6 Å².